The maximum Gasteiger partial charge on any atom is 0.427 e. The summed E-state index contributed by atoms with van der Waals surface area (Å²) >= 11 is 0. The summed E-state index contributed by atoms with van der Waals surface area (Å²) in [5, 5.41) is 3.98. The van der Waals surface area contributed by atoms with Gasteiger partial charge in [0.2, 0.25) is 0 Å². The first-order valence-electron chi connectivity index (χ1n) is 4.74. The highest BCUT2D eigenvalue weighted by atomic mass is 16.5. The Morgan fingerprint density at radius 3 is 2.60 bits per heavy atom. The molecule has 0 radical (unpaired) electrons. The molecule has 0 fully saturated rings. The van der Waals surface area contributed by atoms with Gasteiger partial charge in [-0.3, -0.25) is 0 Å². The average molecular weight is 206 g/mol. The van der Waals surface area contributed by atoms with E-state index in [0.29, 0.717) is 0 Å². The van der Waals surface area contributed by atoms with Crippen LogP contribution in [0.1, 0.15) is 18.9 Å². The molecule has 4 heteroatoms. The number of nitrogens with zero attached hydrogens (tertiary/aromatic N) is 1. The highest BCUT2D eigenvalue weighted by Crippen LogP contribution is 2.03. The van der Waals surface area contributed by atoms with Gasteiger partial charge in [-0.1, -0.05) is 37.3 Å². The summed E-state index contributed by atoms with van der Waals surface area (Å²) in [6.45, 7) is 1.98. The molecule has 1 amide bonds. The zero-order valence-electron chi connectivity index (χ0n) is 8.86. The summed E-state index contributed by atoms with van der Waals surface area (Å²) in [5.74, 6) is 0. The van der Waals surface area contributed by atoms with Crippen LogP contribution < -0.4 is 5.43 Å². The normalized spacial score (nSPS) is 10.9. The van der Waals surface area contributed by atoms with Crippen molar-refractivity contribution in [2.45, 2.75) is 13.3 Å². The van der Waals surface area contributed by atoms with E-state index in [9.17, 15) is 4.79 Å². The third-order valence-corrected chi connectivity index (χ3v) is 1.91. The summed E-state index contributed by atoms with van der Waals surface area (Å²) < 4.78 is 4.42. The smallest absolute Gasteiger partial charge is 0.427 e. The van der Waals surface area contributed by atoms with Crippen LogP contribution in [0.5, 0.6) is 0 Å². The van der Waals surface area contributed by atoms with Crippen molar-refractivity contribution in [3.05, 3.63) is 35.9 Å². The Hall–Kier alpha value is -1.84. The fraction of sp³-hybridized carbons (Fsp3) is 0.273. The summed E-state index contributed by atoms with van der Waals surface area (Å²) in [7, 11) is 1.30. The quantitative estimate of drug-likeness (QED) is 0.608. The van der Waals surface area contributed by atoms with Gasteiger partial charge in [0, 0.05) is 0 Å². The molecule has 0 aromatic heterocycles. The minimum Gasteiger partial charge on any atom is -0.452 e. The zero-order valence-corrected chi connectivity index (χ0v) is 8.86. The molecule has 0 unspecified atom stereocenters. The highest BCUT2D eigenvalue weighted by molar-refractivity contribution is 6.00. The number of carbonyl (C=O) groups excluding carboxylic acids is 1. The number of hydrazone groups is 1. The van der Waals surface area contributed by atoms with Gasteiger partial charge in [-0.25, -0.2) is 10.2 Å². The minimum atomic E-state index is -0.558. The molecule has 0 saturated carbocycles. The second kappa shape index (κ2) is 5.80. The van der Waals surface area contributed by atoms with Crippen molar-refractivity contribution in [1.29, 1.82) is 0 Å². The fourth-order valence-electron chi connectivity index (χ4n) is 1.14. The second-order valence-electron chi connectivity index (χ2n) is 2.88. The molecule has 0 spiro atoms. The first kappa shape index (κ1) is 11.2. The lowest BCUT2D eigenvalue weighted by molar-refractivity contribution is 0.171. The van der Waals surface area contributed by atoms with Gasteiger partial charge in [0.1, 0.15) is 0 Å². The molecule has 0 aliphatic heterocycles. The lowest BCUT2D eigenvalue weighted by Crippen LogP contribution is -2.19. The third-order valence-electron chi connectivity index (χ3n) is 1.91. The van der Waals surface area contributed by atoms with E-state index < -0.39 is 6.09 Å². The first-order chi connectivity index (χ1) is 7.27. The van der Waals surface area contributed by atoms with E-state index in [1.807, 2.05) is 37.3 Å². The predicted octanol–water partition coefficient (Wildman–Crippen LogP) is 2.16. The zero-order chi connectivity index (χ0) is 11.1. The van der Waals surface area contributed by atoms with Crippen LogP contribution in [0.25, 0.3) is 0 Å². The standard InChI is InChI=1S/C11H14N2O2/c1-3-10(12-13-11(14)15-2)9-7-5-4-6-8-9/h4-8H,3H2,1-2H3,(H,13,14)/b12-10-. The maximum atomic E-state index is 10.8. The van der Waals surface area contributed by atoms with Gasteiger partial charge < -0.3 is 4.74 Å². The van der Waals surface area contributed by atoms with E-state index in [-0.39, 0.29) is 0 Å². The van der Waals surface area contributed by atoms with Crippen molar-refractivity contribution in [3.8, 4) is 0 Å². The lowest BCUT2D eigenvalue weighted by Gasteiger charge is -2.03. The van der Waals surface area contributed by atoms with E-state index >= 15 is 0 Å². The van der Waals surface area contributed by atoms with Gasteiger partial charge >= 0.3 is 6.09 Å². The highest BCUT2D eigenvalue weighted by Gasteiger charge is 2.01. The van der Waals surface area contributed by atoms with E-state index in [4.69, 9.17) is 0 Å². The number of ether oxygens (including phenoxy) is 1. The Bertz CT molecular complexity index is 347. The largest absolute Gasteiger partial charge is 0.452 e. The Labute approximate surface area is 88.9 Å². The summed E-state index contributed by atoms with van der Waals surface area (Å²) in [4.78, 5) is 10.8. The fourth-order valence-corrected chi connectivity index (χ4v) is 1.14. The Balaban J connectivity index is 2.76. The van der Waals surface area contributed by atoms with Crippen LogP contribution in [0, 0.1) is 0 Å². The molecule has 4 nitrogen and oxygen atoms in total. The van der Waals surface area contributed by atoms with Gasteiger partial charge in [-0.2, -0.15) is 5.10 Å². The van der Waals surface area contributed by atoms with Crippen LogP contribution >= 0.6 is 0 Å². The van der Waals surface area contributed by atoms with Gasteiger partial charge in [-0.15, -0.1) is 0 Å². The average Bonchev–Trinajstić information content (AvgIpc) is 2.31. The monoisotopic (exact) mass is 206 g/mol. The van der Waals surface area contributed by atoms with Crippen LogP contribution in [-0.2, 0) is 4.74 Å². The molecule has 1 aromatic carbocycles. The number of rotatable bonds is 3. The molecule has 0 saturated heterocycles. The molecule has 15 heavy (non-hydrogen) atoms. The van der Waals surface area contributed by atoms with E-state index in [0.717, 1.165) is 17.7 Å². The van der Waals surface area contributed by atoms with Crippen LogP contribution in [0.3, 0.4) is 0 Å². The summed E-state index contributed by atoms with van der Waals surface area (Å²) in [6.07, 6.45) is 0.186. The molecule has 0 aliphatic rings. The molecule has 1 aromatic rings. The summed E-state index contributed by atoms with van der Waals surface area (Å²) in [5.41, 5.74) is 4.13. The van der Waals surface area contributed by atoms with Gasteiger partial charge in [-0.05, 0) is 12.0 Å². The molecule has 0 heterocycles. The number of methoxy groups -OCH3 is 1. The van der Waals surface area contributed by atoms with Crippen molar-refractivity contribution in [2.24, 2.45) is 5.10 Å². The molecule has 0 atom stereocenters. The Kier molecular flexibility index (Phi) is 4.34. The van der Waals surface area contributed by atoms with E-state index in [1.165, 1.54) is 7.11 Å². The maximum absolute atomic E-state index is 10.8. The minimum absolute atomic E-state index is 0.558. The van der Waals surface area contributed by atoms with Gasteiger partial charge in [0.25, 0.3) is 0 Å². The first-order valence-corrected chi connectivity index (χ1v) is 4.74. The van der Waals surface area contributed by atoms with Crippen LogP contribution in [-0.4, -0.2) is 18.9 Å². The molecule has 0 bridgehead atoms. The number of benzene rings is 1. The van der Waals surface area contributed by atoms with Crippen LogP contribution in [0.15, 0.2) is 35.4 Å². The Morgan fingerprint density at radius 1 is 1.40 bits per heavy atom. The number of nitrogens with one attached hydrogen (secondary N) is 1. The van der Waals surface area contributed by atoms with Crippen molar-refractivity contribution in [1.82, 2.24) is 5.43 Å². The Morgan fingerprint density at radius 2 is 2.07 bits per heavy atom. The van der Waals surface area contributed by atoms with Crippen molar-refractivity contribution in [2.75, 3.05) is 7.11 Å². The SMILES string of the molecule is CC/C(=N/NC(=O)OC)c1ccccc1. The number of amides is 1. The van der Waals surface area contributed by atoms with E-state index in [2.05, 4.69) is 15.3 Å². The molecule has 80 valence electrons. The summed E-state index contributed by atoms with van der Waals surface area (Å²) in [6, 6.07) is 9.68. The number of carbonyl (C=O) groups is 1. The van der Waals surface area contributed by atoms with Crippen molar-refractivity contribution in [3.63, 3.8) is 0 Å². The predicted molar refractivity (Wildman–Crippen MR) is 58.8 cm³/mol. The van der Waals surface area contributed by atoms with Crippen LogP contribution in [0.2, 0.25) is 0 Å². The molecule has 1 rings (SSSR count). The van der Waals surface area contributed by atoms with Crippen LogP contribution in [0.4, 0.5) is 4.79 Å². The van der Waals surface area contributed by atoms with E-state index in [1.54, 1.807) is 0 Å². The molecular formula is C11H14N2O2. The molecule has 0 aliphatic carbocycles. The van der Waals surface area contributed by atoms with Gasteiger partial charge in [0.15, 0.2) is 0 Å². The lowest BCUT2D eigenvalue weighted by atomic mass is 10.1. The van der Waals surface area contributed by atoms with Crippen molar-refractivity contribution >= 4 is 11.8 Å². The second-order valence-corrected chi connectivity index (χ2v) is 2.88. The molecular weight excluding hydrogens is 192 g/mol. The number of hydrogen-bond acceptors (Lipinski definition) is 3. The molecule has 1 N–H and O–H groups in total. The number of hydrogen-bond donors (Lipinski definition) is 1. The topological polar surface area (TPSA) is 50.7 Å². The van der Waals surface area contributed by atoms with Crippen molar-refractivity contribution < 1.29 is 9.53 Å². The van der Waals surface area contributed by atoms with Gasteiger partial charge in [0.05, 0.1) is 12.8 Å². The third kappa shape index (κ3) is 3.42.